The topological polar surface area (TPSA) is 79.9 Å². The first-order valence-electron chi connectivity index (χ1n) is 5.83. The molecule has 0 aliphatic rings. The molecule has 0 saturated carbocycles. The molecule has 0 fully saturated rings. The molecule has 1 heterocycles. The summed E-state index contributed by atoms with van der Waals surface area (Å²) in [6.07, 6.45) is 0. The van der Waals surface area contributed by atoms with E-state index in [9.17, 15) is 13.6 Å². The summed E-state index contributed by atoms with van der Waals surface area (Å²) in [4.78, 5) is 15.7. The van der Waals surface area contributed by atoms with Crippen LogP contribution in [0.25, 0.3) is 0 Å². The van der Waals surface area contributed by atoms with Crippen LogP contribution in [0.1, 0.15) is 22.8 Å². The van der Waals surface area contributed by atoms with E-state index in [0.29, 0.717) is 12.7 Å². The number of aromatic nitrogens is 3. The molecule has 6 nitrogen and oxygen atoms in total. The molecule has 0 unspecified atom stereocenters. The maximum Gasteiger partial charge on any atom is 0.337 e. The van der Waals surface area contributed by atoms with Gasteiger partial charge in [-0.15, -0.1) is 5.10 Å². The molecule has 2 N–H and O–H groups in total. The number of carbonyl (C=O) groups is 1. The summed E-state index contributed by atoms with van der Waals surface area (Å²) in [7, 11) is 0. The van der Waals surface area contributed by atoms with Crippen LogP contribution in [0.5, 0.6) is 6.01 Å². The van der Waals surface area contributed by atoms with E-state index < -0.39 is 17.5 Å². The standard InChI is InChI=1S/C12H12F2N4O2/c1-3-20-12-16-11(17-18-12)15-10(19)7-4-6(2)8(13)5-9(7)14/h4-5H,3H2,1-2H3,(H2,15,16,17,18,19). The number of hydrogen-bond donors (Lipinski definition) is 2. The molecule has 0 radical (unpaired) electrons. The number of aromatic amines is 1. The maximum absolute atomic E-state index is 13.5. The monoisotopic (exact) mass is 282 g/mol. The molecule has 8 heteroatoms. The zero-order chi connectivity index (χ0) is 14.7. The smallest absolute Gasteiger partial charge is 0.337 e. The third-order valence-electron chi connectivity index (χ3n) is 2.46. The second-order valence-electron chi connectivity index (χ2n) is 3.93. The van der Waals surface area contributed by atoms with Crippen molar-refractivity contribution in [2.75, 3.05) is 11.9 Å². The zero-order valence-electron chi connectivity index (χ0n) is 10.8. The summed E-state index contributed by atoms with van der Waals surface area (Å²) < 4.78 is 31.7. The van der Waals surface area contributed by atoms with Crippen molar-refractivity contribution in [3.63, 3.8) is 0 Å². The predicted molar refractivity (Wildman–Crippen MR) is 66.6 cm³/mol. The van der Waals surface area contributed by atoms with Crippen molar-refractivity contribution in [3.05, 3.63) is 34.9 Å². The summed E-state index contributed by atoms with van der Waals surface area (Å²) in [6.45, 7) is 3.56. The largest absolute Gasteiger partial charge is 0.463 e. The number of halogens is 2. The van der Waals surface area contributed by atoms with Crippen molar-refractivity contribution in [1.29, 1.82) is 0 Å². The Morgan fingerprint density at radius 2 is 2.15 bits per heavy atom. The fourth-order valence-corrected chi connectivity index (χ4v) is 1.50. The number of amides is 1. The highest BCUT2D eigenvalue weighted by Crippen LogP contribution is 2.15. The molecule has 0 aliphatic heterocycles. The number of benzene rings is 1. The van der Waals surface area contributed by atoms with E-state index in [0.717, 1.165) is 6.07 Å². The summed E-state index contributed by atoms with van der Waals surface area (Å²) in [5, 5.41) is 8.42. The van der Waals surface area contributed by atoms with Crippen molar-refractivity contribution in [2.45, 2.75) is 13.8 Å². The number of carbonyl (C=O) groups excluding carboxylic acids is 1. The van der Waals surface area contributed by atoms with E-state index in [1.165, 1.54) is 6.92 Å². The molecule has 1 amide bonds. The molecule has 0 aliphatic carbocycles. The van der Waals surface area contributed by atoms with Crippen LogP contribution in [0.15, 0.2) is 12.1 Å². The Balaban J connectivity index is 2.17. The van der Waals surface area contributed by atoms with Gasteiger partial charge < -0.3 is 4.74 Å². The average molecular weight is 282 g/mol. The number of nitrogens with zero attached hydrogens (tertiary/aromatic N) is 2. The van der Waals surface area contributed by atoms with Crippen molar-refractivity contribution in [1.82, 2.24) is 15.2 Å². The Kier molecular flexibility index (Phi) is 3.92. The molecule has 2 aromatic rings. The van der Waals surface area contributed by atoms with Gasteiger partial charge in [0.1, 0.15) is 11.6 Å². The van der Waals surface area contributed by atoms with Crippen LogP contribution >= 0.6 is 0 Å². The number of nitrogens with one attached hydrogen (secondary N) is 2. The Morgan fingerprint density at radius 1 is 1.40 bits per heavy atom. The summed E-state index contributed by atoms with van der Waals surface area (Å²) in [5.41, 5.74) is -0.109. The van der Waals surface area contributed by atoms with Crippen LogP contribution in [0, 0.1) is 18.6 Å². The minimum atomic E-state index is -0.949. The fraction of sp³-hybridized carbons (Fsp3) is 0.250. The molecular formula is C12H12F2N4O2. The number of rotatable bonds is 4. The summed E-state index contributed by atoms with van der Waals surface area (Å²) in [5.74, 6) is -2.41. The lowest BCUT2D eigenvalue weighted by molar-refractivity contribution is 0.102. The summed E-state index contributed by atoms with van der Waals surface area (Å²) >= 11 is 0. The first-order valence-corrected chi connectivity index (χ1v) is 5.83. The van der Waals surface area contributed by atoms with E-state index in [4.69, 9.17) is 4.74 Å². The van der Waals surface area contributed by atoms with Crippen molar-refractivity contribution < 1.29 is 18.3 Å². The molecular weight excluding hydrogens is 270 g/mol. The van der Waals surface area contributed by atoms with E-state index in [1.54, 1.807) is 6.92 Å². The SMILES string of the molecule is CCOc1n[nH]c(NC(=O)c2cc(C)c(F)cc2F)n1. The Labute approximate surface area is 113 Å². The second kappa shape index (κ2) is 5.64. The van der Waals surface area contributed by atoms with Crippen molar-refractivity contribution >= 4 is 11.9 Å². The Bertz CT molecular complexity index is 642. The Morgan fingerprint density at radius 3 is 2.85 bits per heavy atom. The molecule has 106 valence electrons. The van der Waals surface area contributed by atoms with E-state index in [-0.39, 0.29) is 23.1 Å². The fourth-order valence-electron chi connectivity index (χ4n) is 1.50. The lowest BCUT2D eigenvalue weighted by Gasteiger charge is -2.05. The average Bonchev–Trinajstić information content (AvgIpc) is 2.81. The third kappa shape index (κ3) is 2.90. The number of hydrogen-bond acceptors (Lipinski definition) is 4. The predicted octanol–water partition coefficient (Wildman–Crippen LogP) is 2.04. The number of H-pyrrole nitrogens is 1. The lowest BCUT2D eigenvalue weighted by atomic mass is 10.1. The van der Waals surface area contributed by atoms with Gasteiger partial charge in [-0.3, -0.25) is 10.1 Å². The van der Waals surface area contributed by atoms with Gasteiger partial charge in [0.2, 0.25) is 5.95 Å². The molecule has 0 spiro atoms. The first kappa shape index (κ1) is 13.9. The minimum absolute atomic E-state index is 0.0137. The van der Waals surface area contributed by atoms with Gasteiger partial charge in [0.05, 0.1) is 12.2 Å². The second-order valence-corrected chi connectivity index (χ2v) is 3.93. The zero-order valence-corrected chi connectivity index (χ0v) is 10.8. The molecule has 20 heavy (non-hydrogen) atoms. The van der Waals surface area contributed by atoms with Gasteiger partial charge in [-0.25, -0.2) is 13.9 Å². The Hall–Kier alpha value is -2.51. The van der Waals surface area contributed by atoms with Crippen LogP contribution in [-0.4, -0.2) is 27.7 Å². The van der Waals surface area contributed by atoms with Gasteiger partial charge in [0.15, 0.2) is 0 Å². The highest BCUT2D eigenvalue weighted by molar-refractivity contribution is 6.03. The molecule has 2 rings (SSSR count). The number of anilines is 1. The van der Waals surface area contributed by atoms with E-state index in [1.807, 2.05) is 0 Å². The molecule has 1 aromatic heterocycles. The van der Waals surface area contributed by atoms with Crippen molar-refractivity contribution in [3.8, 4) is 6.01 Å². The van der Waals surface area contributed by atoms with Crippen LogP contribution < -0.4 is 10.1 Å². The van der Waals surface area contributed by atoms with E-state index >= 15 is 0 Å². The third-order valence-corrected chi connectivity index (χ3v) is 2.46. The van der Waals surface area contributed by atoms with Gasteiger partial charge in [0, 0.05) is 6.07 Å². The number of aryl methyl sites for hydroxylation is 1. The number of ether oxygens (including phenoxy) is 1. The molecule has 1 aromatic carbocycles. The molecule has 0 bridgehead atoms. The van der Waals surface area contributed by atoms with Gasteiger partial charge in [0.25, 0.3) is 5.91 Å². The van der Waals surface area contributed by atoms with Crippen LogP contribution in [0.4, 0.5) is 14.7 Å². The summed E-state index contributed by atoms with van der Waals surface area (Å²) in [6, 6.07) is 1.86. The highest BCUT2D eigenvalue weighted by atomic mass is 19.1. The highest BCUT2D eigenvalue weighted by Gasteiger charge is 2.16. The van der Waals surface area contributed by atoms with Gasteiger partial charge in [-0.1, -0.05) is 0 Å². The lowest BCUT2D eigenvalue weighted by Crippen LogP contribution is -2.15. The molecule has 0 saturated heterocycles. The first-order chi connectivity index (χ1) is 9.51. The van der Waals surface area contributed by atoms with Crippen LogP contribution in [-0.2, 0) is 0 Å². The molecule has 0 atom stereocenters. The van der Waals surface area contributed by atoms with Gasteiger partial charge in [-0.05, 0) is 25.5 Å². The normalized spacial score (nSPS) is 10.4. The van der Waals surface area contributed by atoms with Gasteiger partial charge >= 0.3 is 6.01 Å². The quantitative estimate of drug-likeness (QED) is 0.899. The van der Waals surface area contributed by atoms with E-state index in [2.05, 4.69) is 20.5 Å². The van der Waals surface area contributed by atoms with Crippen LogP contribution in [0.3, 0.4) is 0 Å². The minimum Gasteiger partial charge on any atom is -0.463 e. The maximum atomic E-state index is 13.5. The van der Waals surface area contributed by atoms with Crippen molar-refractivity contribution in [2.24, 2.45) is 0 Å². The van der Waals surface area contributed by atoms with Crippen LogP contribution in [0.2, 0.25) is 0 Å². The van der Waals surface area contributed by atoms with Gasteiger partial charge in [-0.2, -0.15) is 4.98 Å².